The summed E-state index contributed by atoms with van der Waals surface area (Å²) in [4.78, 5) is 25.9. The number of carbonyl (C=O) groups excluding carboxylic acids is 1. The Morgan fingerprint density at radius 1 is 0.939 bits per heavy atom. The number of rotatable bonds is 4. The van der Waals surface area contributed by atoms with Gasteiger partial charge >= 0.3 is 6.03 Å². The molecule has 0 aliphatic rings. The standard InChI is InChI=1S/C25H19N5O3/c1-33-22-13-16(9-12-21(22)31)18-10-11-20-24(27-18)29-23(14-26-20)30-25(32)28-19-8-4-6-15-5-2-3-7-17(15)19/h2-14,31H,1H3,(H2,27,28,29,30,32). The zero-order chi connectivity index (χ0) is 22.8. The number of aromatic nitrogens is 3. The normalized spacial score (nSPS) is 10.8. The number of methoxy groups -OCH3 is 1. The first-order chi connectivity index (χ1) is 16.1. The lowest BCUT2D eigenvalue weighted by atomic mass is 10.1. The second-order valence-corrected chi connectivity index (χ2v) is 7.29. The average molecular weight is 437 g/mol. The highest BCUT2D eigenvalue weighted by atomic mass is 16.5. The highest BCUT2D eigenvalue weighted by Crippen LogP contribution is 2.31. The summed E-state index contributed by atoms with van der Waals surface area (Å²) in [6, 6.07) is 21.7. The second-order valence-electron chi connectivity index (χ2n) is 7.29. The third kappa shape index (κ3) is 4.09. The van der Waals surface area contributed by atoms with Crippen LogP contribution in [0.25, 0.3) is 33.2 Å². The van der Waals surface area contributed by atoms with Crippen molar-refractivity contribution in [3.05, 3.63) is 79.0 Å². The molecule has 2 aromatic heterocycles. The summed E-state index contributed by atoms with van der Waals surface area (Å²) in [6.45, 7) is 0. The summed E-state index contributed by atoms with van der Waals surface area (Å²) in [5.41, 5.74) is 3.04. The first-order valence-corrected chi connectivity index (χ1v) is 10.2. The van der Waals surface area contributed by atoms with E-state index in [-0.39, 0.29) is 11.6 Å². The number of pyridine rings is 1. The topological polar surface area (TPSA) is 109 Å². The molecule has 0 saturated carbocycles. The van der Waals surface area contributed by atoms with E-state index in [4.69, 9.17) is 4.74 Å². The van der Waals surface area contributed by atoms with Gasteiger partial charge in [-0.25, -0.2) is 19.7 Å². The highest BCUT2D eigenvalue weighted by Gasteiger charge is 2.10. The fourth-order valence-electron chi connectivity index (χ4n) is 3.56. The van der Waals surface area contributed by atoms with Gasteiger partial charge in [-0.2, -0.15) is 0 Å². The fraction of sp³-hybridized carbons (Fsp3) is 0.0400. The van der Waals surface area contributed by atoms with Gasteiger partial charge in [0.25, 0.3) is 0 Å². The molecule has 0 radical (unpaired) electrons. The number of phenols is 1. The lowest BCUT2D eigenvalue weighted by molar-refractivity contribution is 0.262. The Morgan fingerprint density at radius 3 is 2.67 bits per heavy atom. The predicted molar refractivity (Wildman–Crippen MR) is 128 cm³/mol. The highest BCUT2D eigenvalue weighted by molar-refractivity contribution is 6.06. The Hall–Kier alpha value is -4.72. The number of aromatic hydroxyl groups is 1. The number of benzene rings is 3. The minimum atomic E-state index is -0.431. The van der Waals surface area contributed by atoms with Crippen LogP contribution >= 0.6 is 0 Å². The van der Waals surface area contributed by atoms with Gasteiger partial charge in [-0.3, -0.25) is 5.32 Å². The molecule has 5 aromatic rings. The van der Waals surface area contributed by atoms with Crippen LogP contribution in [-0.4, -0.2) is 33.2 Å². The molecular weight excluding hydrogens is 418 g/mol. The molecule has 8 heteroatoms. The molecular formula is C25H19N5O3. The number of phenolic OH excluding ortho intramolecular Hbond substituents is 1. The van der Waals surface area contributed by atoms with Crippen LogP contribution in [0.3, 0.4) is 0 Å². The van der Waals surface area contributed by atoms with Crippen molar-refractivity contribution in [2.75, 3.05) is 17.7 Å². The third-order valence-corrected chi connectivity index (χ3v) is 5.16. The molecule has 0 bridgehead atoms. The minimum Gasteiger partial charge on any atom is -0.504 e. The molecule has 2 heterocycles. The van der Waals surface area contributed by atoms with Crippen LogP contribution in [-0.2, 0) is 0 Å². The van der Waals surface area contributed by atoms with Crippen LogP contribution in [0.2, 0.25) is 0 Å². The molecule has 0 atom stereocenters. The monoisotopic (exact) mass is 437 g/mol. The zero-order valence-corrected chi connectivity index (χ0v) is 17.6. The van der Waals surface area contributed by atoms with Crippen molar-refractivity contribution in [2.24, 2.45) is 0 Å². The number of anilines is 2. The van der Waals surface area contributed by atoms with Gasteiger partial charge in [0, 0.05) is 10.9 Å². The number of fused-ring (bicyclic) bond motifs is 2. The summed E-state index contributed by atoms with van der Waals surface area (Å²) in [7, 11) is 1.49. The van der Waals surface area contributed by atoms with Gasteiger partial charge in [0.15, 0.2) is 23.0 Å². The minimum absolute atomic E-state index is 0.0468. The van der Waals surface area contributed by atoms with E-state index in [9.17, 15) is 9.90 Å². The molecule has 0 spiro atoms. The van der Waals surface area contributed by atoms with Gasteiger partial charge in [0.2, 0.25) is 0 Å². The van der Waals surface area contributed by atoms with Crippen molar-refractivity contribution >= 4 is 39.5 Å². The van der Waals surface area contributed by atoms with Gasteiger partial charge in [0.1, 0.15) is 5.52 Å². The maximum Gasteiger partial charge on any atom is 0.324 e. The van der Waals surface area contributed by atoms with Crippen molar-refractivity contribution in [3.8, 4) is 22.8 Å². The van der Waals surface area contributed by atoms with Crippen molar-refractivity contribution in [3.63, 3.8) is 0 Å². The molecule has 5 rings (SSSR count). The first kappa shape index (κ1) is 20.2. The van der Waals surface area contributed by atoms with Crippen LogP contribution in [0.1, 0.15) is 0 Å². The summed E-state index contributed by atoms with van der Waals surface area (Å²) >= 11 is 0. The van der Waals surface area contributed by atoms with Gasteiger partial charge in [-0.1, -0.05) is 36.4 Å². The van der Waals surface area contributed by atoms with Gasteiger partial charge in [0.05, 0.1) is 24.7 Å². The summed E-state index contributed by atoms with van der Waals surface area (Å²) in [6.07, 6.45) is 1.48. The Kier molecular flexibility index (Phi) is 5.16. The average Bonchev–Trinajstić information content (AvgIpc) is 2.84. The number of carbonyl (C=O) groups is 1. The predicted octanol–water partition coefficient (Wildman–Crippen LogP) is 5.20. The number of urea groups is 1. The maximum atomic E-state index is 12.6. The number of amides is 2. The van der Waals surface area contributed by atoms with Crippen LogP contribution in [0.15, 0.2) is 79.0 Å². The molecule has 0 saturated heterocycles. The lowest BCUT2D eigenvalue weighted by Gasteiger charge is -2.10. The molecule has 0 unspecified atom stereocenters. The SMILES string of the molecule is COc1cc(-c2ccc3ncc(NC(=O)Nc4cccc5ccccc45)nc3n2)ccc1O. The van der Waals surface area contributed by atoms with E-state index in [2.05, 4.69) is 25.6 Å². The number of hydrogen-bond donors (Lipinski definition) is 3. The number of hydrogen-bond acceptors (Lipinski definition) is 6. The van der Waals surface area contributed by atoms with E-state index in [1.807, 2.05) is 48.5 Å². The largest absolute Gasteiger partial charge is 0.504 e. The maximum absolute atomic E-state index is 12.6. The Balaban J connectivity index is 1.40. The van der Waals surface area contributed by atoms with E-state index in [1.54, 1.807) is 24.3 Å². The Morgan fingerprint density at radius 2 is 1.79 bits per heavy atom. The van der Waals surface area contributed by atoms with Crippen LogP contribution < -0.4 is 15.4 Å². The smallest absolute Gasteiger partial charge is 0.324 e. The zero-order valence-electron chi connectivity index (χ0n) is 17.6. The van der Waals surface area contributed by atoms with Crippen molar-refractivity contribution in [1.29, 1.82) is 0 Å². The Bertz CT molecular complexity index is 1500. The van der Waals surface area contributed by atoms with E-state index in [0.717, 1.165) is 16.3 Å². The number of nitrogens with one attached hydrogen (secondary N) is 2. The van der Waals surface area contributed by atoms with Crippen LogP contribution in [0.4, 0.5) is 16.3 Å². The van der Waals surface area contributed by atoms with E-state index < -0.39 is 6.03 Å². The van der Waals surface area contributed by atoms with E-state index >= 15 is 0 Å². The molecule has 162 valence electrons. The van der Waals surface area contributed by atoms with E-state index in [1.165, 1.54) is 13.3 Å². The van der Waals surface area contributed by atoms with Gasteiger partial charge in [-0.05, 0) is 41.8 Å². The molecule has 0 fully saturated rings. The molecule has 3 aromatic carbocycles. The number of ether oxygens (including phenoxy) is 1. The summed E-state index contributed by atoms with van der Waals surface area (Å²) in [5, 5.41) is 17.4. The molecule has 8 nitrogen and oxygen atoms in total. The van der Waals surface area contributed by atoms with Crippen LogP contribution in [0, 0.1) is 0 Å². The molecule has 0 aliphatic carbocycles. The van der Waals surface area contributed by atoms with Crippen molar-refractivity contribution < 1.29 is 14.6 Å². The quantitative estimate of drug-likeness (QED) is 0.356. The Labute approximate surface area is 188 Å². The van der Waals surface area contributed by atoms with Gasteiger partial charge in [-0.15, -0.1) is 0 Å². The van der Waals surface area contributed by atoms with Crippen molar-refractivity contribution in [1.82, 2.24) is 15.0 Å². The van der Waals surface area contributed by atoms with Crippen LogP contribution in [0.5, 0.6) is 11.5 Å². The first-order valence-electron chi connectivity index (χ1n) is 10.2. The second kappa shape index (κ2) is 8.43. The third-order valence-electron chi connectivity index (χ3n) is 5.16. The molecule has 0 aliphatic heterocycles. The fourth-order valence-corrected chi connectivity index (χ4v) is 3.56. The summed E-state index contributed by atoms with van der Waals surface area (Å²) < 4.78 is 5.17. The summed E-state index contributed by atoms with van der Waals surface area (Å²) in [5.74, 6) is 0.666. The molecule has 33 heavy (non-hydrogen) atoms. The van der Waals surface area contributed by atoms with E-state index in [0.29, 0.717) is 28.3 Å². The number of nitrogens with zero attached hydrogens (tertiary/aromatic N) is 3. The van der Waals surface area contributed by atoms with Gasteiger partial charge < -0.3 is 15.2 Å². The van der Waals surface area contributed by atoms with Crippen molar-refractivity contribution in [2.45, 2.75) is 0 Å². The lowest BCUT2D eigenvalue weighted by Crippen LogP contribution is -2.20. The molecule has 3 N–H and O–H groups in total. The molecule has 2 amide bonds.